The van der Waals surface area contributed by atoms with Gasteiger partial charge in [0.25, 0.3) is 0 Å². The molecule has 0 aliphatic carbocycles. The Morgan fingerprint density at radius 3 is 1.83 bits per heavy atom. The van der Waals surface area contributed by atoms with Crippen molar-refractivity contribution in [1.29, 1.82) is 0 Å². The first-order valence-electron chi connectivity index (χ1n) is 1.76. The predicted octanol–water partition coefficient (Wildman–Crippen LogP) is 0.135. The van der Waals surface area contributed by atoms with Crippen LogP contribution in [0.1, 0.15) is 13.8 Å². The van der Waals surface area contributed by atoms with Crippen molar-refractivity contribution in [2.45, 2.75) is 19.4 Å². The third-order valence-electron chi connectivity index (χ3n) is 0.288. The average Bonchev–Trinajstić information content (AvgIpc) is 1.35. The van der Waals surface area contributed by atoms with Crippen molar-refractivity contribution in [1.82, 2.24) is 0 Å². The highest BCUT2D eigenvalue weighted by molar-refractivity contribution is 4.78. The minimum Gasteiger partial charge on any atom is -0.382 e. The van der Waals surface area contributed by atoms with E-state index in [4.69, 9.17) is 10.8 Å². The molecule has 0 aliphatic rings. The number of hydrogen-bond acceptors (Lipinski definition) is 2. The number of aliphatic hydroxyl groups is 1. The fraction of sp³-hybridized carbons (Fsp3) is 0.750. The zero-order valence-electron chi connectivity index (χ0n) is 4.02. The van der Waals surface area contributed by atoms with Crippen LogP contribution in [0, 0.1) is 6.61 Å². The SMILES string of the molecule is CC(C)(N)[C]O. The van der Waals surface area contributed by atoms with Crippen LogP contribution in [-0.4, -0.2) is 10.6 Å². The van der Waals surface area contributed by atoms with Crippen molar-refractivity contribution in [2.75, 3.05) is 0 Å². The maximum atomic E-state index is 8.03. The normalized spacial score (nSPS) is 12.0. The third kappa shape index (κ3) is 3.92. The van der Waals surface area contributed by atoms with Crippen molar-refractivity contribution in [3.05, 3.63) is 6.61 Å². The van der Waals surface area contributed by atoms with E-state index in [0.717, 1.165) is 0 Å². The lowest BCUT2D eigenvalue weighted by atomic mass is 10.1. The molecule has 0 rings (SSSR count). The Kier molecular flexibility index (Phi) is 1.56. The topological polar surface area (TPSA) is 46.2 Å². The van der Waals surface area contributed by atoms with Crippen LogP contribution >= 0.6 is 0 Å². The molecular formula is C4H9NO. The first-order chi connectivity index (χ1) is 2.56. The monoisotopic (exact) mass is 87.1 g/mol. The number of aliphatic hydroxyl groups excluding tert-OH is 1. The number of hydrogen-bond donors (Lipinski definition) is 2. The average molecular weight is 87.1 g/mol. The minimum atomic E-state index is -0.653. The summed E-state index contributed by atoms with van der Waals surface area (Å²) < 4.78 is 0. The van der Waals surface area contributed by atoms with Gasteiger partial charge in [0, 0.05) is 5.54 Å². The lowest BCUT2D eigenvalue weighted by molar-refractivity contribution is 0.308. The Morgan fingerprint density at radius 2 is 1.83 bits per heavy atom. The van der Waals surface area contributed by atoms with Crippen molar-refractivity contribution < 1.29 is 5.11 Å². The Hall–Kier alpha value is -0.0800. The molecule has 0 unspecified atom stereocenters. The number of nitrogens with two attached hydrogens (primary N) is 1. The molecule has 3 N–H and O–H groups in total. The maximum absolute atomic E-state index is 8.03. The highest BCUT2D eigenvalue weighted by atomic mass is 16.3. The highest BCUT2D eigenvalue weighted by Gasteiger charge is 2.07. The van der Waals surface area contributed by atoms with E-state index in [1.807, 2.05) is 6.61 Å². The fourth-order valence-corrected chi connectivity index (χ4v) is 0. The predicted molar refractivity (Wildman–Crippen MR) is 23.4 cm³/mol. The second kappa shape index (κ2) is 1.58. The smallest absolute Gasteiger partial charge is 0.149 e. The quantitative estimate of drug-likeness (QED) is 0.477. The molecule has 0 atom stereocenters. The Bertz CT molecular complexity index is 37.3. The van der Waals surface area contributed by atoms with Gasteiger partial charge >= 0.3 is 0 Å². The molecule has 2 nitrogen and oxygen atoms in total. The van der Waals surface area contributed by atoms with E-state index in [9.17, 15) is 0 Å². The van der Waals surface area contributed by atoms with E-state index < -0.39 is 5.54 Å². The Morgan fingerprint density at radius 1 is 1.67 bits per heavy atom. The molecule has 0 saturated heterocycles. The summed E-state index contributed by atoms with van der Waals surface area (Å²) in [5.74, 6) is 0. The van der Waals surface area contributed by atoms with Crippen LogP contribution in [0.5, 0.6) is 0 Å². The van der Waals surface area contributed by atoms with Gasteiger partial charge in [-0.3, -0.25) is 0 Å². The van der Waals surface area contributed by atoms with Gasteiger partial charge in [0.2, 0.25) is 0 Å². The largest absolute Gasteiger partial charge is 0.382 e. The molecule has 0 bridgehead atoms. The summed E-state index contributed by atoms with van der Waals surface area (Å²) in [6, 6.07) is 0. The summed E-state index contributed by atoms with van der Waals surface area (Å²) in [7, 11) is 0. The van der Waals surface area contributed by atoms with Crippen LogP contribution in [-0.2, 0) is 0 Å². The molecule has 0 spiro atoms. The first kappa shape index (κ1) is 5.92. The molecule has 0 aromatic carbocycles. The molecular weight excluding hydrogens is 78.0 g/mol. The van der Waals surface area contributed by atoms with Gasteiger partial charge in [-0.25, -0.2) is 0 Å². The molecule has 36 valence electrons. The lowest BCUT2D eigenvalue weighted by Crippen LogP contribution is -2.31. The summed E-state index contributed by atoms with van der Waals surface area (Å²) >= 11 is 0. The van der Waals surface area contributed by atoms with Crippen LogP contribution in [0.3, 0.4) is 0 Å². The van der Waals surface area contributed by atoms with Gasteiger partial charge in [-0.1, -0.05) is 0 Å². The second-order valence-corrected chi connectivity index (χ2v) is 1.83. The van der Waals surface area contributed by atoms with Crippen molar-refractivity contribution in [2.24, 2.45) is 5.73 Å². The molecule has 0 aromatic heterocycles. The maximum Gasteiger partial charge on any atom is 0.149 e. The van der Waals surface area contributed by atoms with Gasteiger partial charge in [-0.05, 0) is 13.8 Å². The molecule has 6 heavy (non-hydrogen) atoms. The van der Waals surface area contributed by atoms with Crippen LogP contribution in [0.4, 0.5) is 0 Å². The molecule has 2 heteroatoms. The van der Waals surface area contributed by atoms with E-state index in [1.54, 1.807) is 13.8 Å². The van der Waals surface area contributed by atoms with Gasteiger partial charge in [0.05, 0.1) is 0 Å². The Balaban J connectivity index is 3.17. The summed E-state index contributed by atoms with van der Waals surface area (Å²) in [4.78, 5) is 0. The second-order valence-electron chi connectivity index (χ2n) is 1.83. The van der Waals surface area contributed by atoms with Gasteiger partial charge in [-0.15, -0.1) is 0 Å². The van der Waals surface area contributed by atoms with Gasteiger partial charge in [0.15, 0.2) is 0 Å². The summed E-state index contributed by atoms with van der Waals surface area (Å²) in [6.07, 6.45) is 0. The fourth-order valence-electron chi connectivity index (χ4n) is 0. The van der Waals surface area contributed by atoms with E-state index in [-0.39, 0.29) is 0 Å². The van der Waals surface area contributed by atoms with E-state index in [0.29, 0.717) is 0 Å². The molecule has 0 heterocycles. The zero-order chi connectivity index (χ0) is 5.21. The molecule has 2 radical (unpaired) electrons. The lowest BCUT2D eigenvalue weighted by Gasteiger charge is -2.09. The van der Waals surface area contributed by atoms with E-state index in [1.165, 1.54) is 0 Å². The minimum absolute atomic E-state index is 0.653. The molecule has 0 amide bonds. The third-order valence-corrected chi connectivity index (χ3v) is 0.288. The number of rotatable bonds is 1. The van der Waals surface area contributed by atoms with Gasteiger partial charge in [0.1, 0.15) is 6.61 Å². The van der Waals surface area contributed by atoms with Crippen LogP contribution in [0.15, 0.2) is 0 Å². The Labute approximate surface area is 38.0 Å². The van der Waals surface area contributed by atoms with Crippen molar-refractivity contribution >= 4 is 0 Å². The van der Waals surface area contributed by atoms with Crippen LogP contribution < -0.4 is 5.73 Å². The van der Waals surface area contributed by atoms with Crippen LogP contribution in [0.2, 0.25) is 0 Å². The van der Waals surface area contributed by atoms with Gasteiger partial charge in [-0.2, -0.15) is 0 Å². The van der Waals surface area contributed by atoms with Crippen molar-refractivity contribution in [3.8, 4) is 0 Å². The zero-order valence-corrected chi connectivity index (χ0v) is 4.02. The van der Waals surface area contributed by atoms with Crippen molar-refractivity contribution in [3.63, 3.8) is 0 Å². The van der Waals surface area contributed by atoms with Crippen LogP contribution in [0.25, 0.3) is 0 Å². The summed E-state index contributed by atoms with van der Waals surface area (Å²) in [5, 5.41) is 8.03. The summed E-state index contributed by atoms with van der Waals surface area (Å²) in [5.41, 5.74) is 4.52. The van der Waals surface area contributed by atoms with E-state index >= 15 is 0 Å². The van der Waals surface area contributed by atoms with Gasteiger partial charge < -0.3 is 10.8 Å². The molecule has 0 aromatic rings. The first-order valence-corrected chi connectivity index (χ1v) is 1.76. The highest BCUT2D eigenvalue weighted by Crippen LogP contribution is 1.95. The molecule has 0 saturated carbocycles. The van der Waals surface area contributed by atoms with E-state index in [2.05, 4.69) is 0 Å². The standard InChI is InChI=1S/C4H9NO/c1-4(2,5)3-6/h6H,5H2,1-2H3. The molecule has 0 fully saturated rings. The summed E-state index contributed by atoms with van der Waals surface area (Å²) in [6.45, 7) is 5.20. The molecule has 0 aliphatic heterocycles.